The van der Waals surface area contributed by atoms with Crippen LogP contribution in [0.1, 0.15) is 24.6 Å². The Labute approximate surface area is 143 Å². The van der Waals surface area contributed by atoms with Crippen molar-refractivity contribution in [3.63, 3.8) is 0 Å². The summed E-state index contributed by atoms with van der Waals surface area (Å²) in [5.74, 6) is -0.596. The minimum atomic E-state index is -3.67. The van der Waals surface area contributed by atoms with Gasteiger partial charge in [0.25, 0.3) is 0 Å². The van der Waals surface area contributed by atoms with Gasteiger partial charge in [0.1, 0.15) is 0 Å². The van der Waals surface area contributed by atoms with Gasteiger partial charge in [-0.2, -0.15) is 4.31 Å². The molecular weight excluding hydrogens is 348 g/mol. The molecule has 1 aromatic carbocycles. The van der Waals surface area contributed by atoms with Crippen molar-refractivity contribution in [2.45, 2.75) is 31.2 Å². The van der Waals surface area contributed by atoms with E-state index in [1.54, 1.807) is 6.07 Å². The third-order valence-electron chi connectivity index (χ3n) is 3.70. The first-order valence-electron chi connectivity index (χ1n) is 7.66. The average molecular weight is 366 g/mol. The number of hydrogen-bond acceptors (Lipinski definition) is 5. The highest BCUT2D eigenvalue weighted by Gasteiger charge is 2.25. The molecule has 0 fully saturated rings. The lowest BCUT2D eigenvalue weighted by Gasteiger charge is -2.21. The summed E-state index contributed by atoms with van der Waals surface area (Å²) >= 11 is 1.53. The van der Waals surface area contributed by atoms with Gasteiger partial charge in [-0.25, -0.2) is 13.2 Å². The number of hydrogen-bond donors (Lipinski definition) is 1. The molecule has 2 aromatic heterocycles. The zero-order valence-corrected chi connectivity index (χ0v) is 14.8. The molecule has 24 heavy (non-hydrogen) atoms. The molecule has 0 aliphatic rings. The molecule has 128 valence electrons. The molecular formula is C16H18N2O4S2. The molecule has 0 bridgehead atoms. The van der Waals surface area contributed by atoms with Gasteiger partial charge >= 0.3 is 5.76 Å². The molecule has 0 atom stereocenters. The Bertz CT molecular complexity index is 971. The van der Waals surface area contributed by atoms with Crippen LogP contribution in [0.3, 0.4) is 0 Å². The number of oxazole rings is 1. The van der Waals surface area contributed by atoms with Crippen LogP contribution in [0.5, 0.6) is 0 Å². The van der Waals surface area contributed by atoms with Gasteiger partial charge in [-0.3, -0.25) is 4.98 Å². The molecule has 2 heterocycles. The molecule has 0 radical (unpaired) electrons. The molecule has 0 spiro atoms. The first-order chi connectivity index (χ1) is 11.5. The van der Waals surface area contributed by atoms with E-state index in [2.05, 4.69) is 4.98 Å². The van der Waals surface area contributed by atoms with E-state index >= 15 is 0 Å². The third kappa shape index (κ3) is 3.45. The van der Waals surface area contributed by atoms with Crippen molar-refractivity contribution < 1.29 is 12.8 Å². The van der Waals surface area contributed by atoms with Gasteiger partial charge < -0.3 is 4.42 Å². The molecule has 1 N–H and O–H groups in total. The first-order valence-corrected chi connectivity index (χ1v) is 9.98. The minimum Gasteiger partial charge on any atom is -0.408 e. The molecule has 6 nitrogen and oxygen atoms in total. The highest BCUT2D eigenvalue weighted by atomic mass is 32.2. The average Bonchev–Trinajstić information content (AvgIpc) is 3.18. The van der Waals surface area contributed by atoms with Gasteiger partial charge in [0.15, 0.2) is 5.58 Å². The number of nitrogens with one attached hydrogen (secondary N) is 1. The maximum absolute atomic E-state index is 13.0. The first kappa shape index (κ1) is 16.9. The molecule has 0 saturated carbocycles. The van der Waals surface area contributed by atoms with Crippen molar-refractivity contribution in [1.82, 2.24) is 9.29 Å². The summed E-state index contributed by atoms with van der Waals surface area (Å²) in [6.45, 7) is 2.82. The predicted octanol–water partition coefficient (Wildman–Crippen LogP) is 3.17. The fourth-order valence-electron chi connectivity index (χ4n) is 2.43. The molecule has 0 amide bonds. The van der Waals surface area contributed by atoms with Crippen LogP contribution < -0.4 is 5.76 Å². The van der Waals surface area contributed by atoms with Gasteiger partial charge in [-0.1, -0.05) is 19.4 Å². The number of sulfonamides is 1. The van der Waals surface area contributed by atoms with E-state index in [0.717, 1.165) is 17.7 Å². The largest absolute Gasteiger partial charge is 0.417 e. The summed E-state index contributed by atoms with van der Waals surface area (Å²) in [7, 11) is -3.67. The maximum atomic E-state index is 13.0. The standard InChI is InChI=1S/C16H18N2O4S2/c1-2-3-8-18(11-12-5-4-9-23-12)24(20,21)13-6-7-14-15(10-13)22-16(19)17-14/h4-7,9-10H,2-3,8,11H2,1H3,(H,17,19). The summed E-state index contributed by atoms with van der Waals surface area (Å²) in [4.78, 5) is 14.9. The van der Waals surface area contributed by atoms with E-state index < -0.39 is 15.8 Å². The van der Waals surface area contributed by atoms with Crippen molar-refractivity contribution in [2.75, 3.05) is 6.54 Å². The second-order valence-corrected chi connectivity index (χ2v) is 8.41. The fourth-order valence-corrected chi connectivity index (χ4v) is 4.70. The SMILES string of the molecule is CCCCN(Cc1cccs1)S(=O)(=O)c1ccc2[nH]c(=O)oc2c1. The second kappa shape index (κ2) is 6.92. The van der Waals surface area contributed by atoms with Gasteiger partial charge in [0.05, 0.1) is 10.4 Å². The van der Waals surface area contributed by atoms with Gasteiger partial charge in [0.2, 0.25) is 10.0 Å². The maximum Gasteiger partial charge on any atom is 0.417 e. The Morgan fingerprint density at radius 2 is 2.12 bits per heavy atom. The van der Waals surface area contributed by atoms with Crippen molar-refractivity contribution in [1.29, 1.82) is 0 Å². The topological polar surface area (TPSA) is 83.4 Å². The van der Waals surface area contributed by atoms with E-state index in [9.17, 15) is 13.2 Å². The predicted molar refractivity (Wildman–Crippen MR) is 93.7 cm³/mol. The van der Waals surface area contributed by atoms with Crippen LogP contribution in [-0.4, -0.2) is 24.3 Å². The Hall–Kier alpha value is -1.90. The molecule has 0 unspecified atom stereocenters. The lowest BCUT2D eigenvalue weighted by Crippen LogP contribution is -2.31. The third-order valence-corrected chi connectivity index (χ3v) is 6.41. The van der Waals surface area contributed by atoms with E-state index in [1.807, 2.05) is 24.4 Å². The quantitative estimate of drug-likeness (QED) is 0.696. The number of thiophene rings is 1. The summed E-state index contributed by atoms with van der Waals surface area (Å²) in [6, 6.07) is 8.28. The fraction of sp³-hybridized carbons (Fsp3) is 0.312. The molecule has 0 aliphatic heterocycles. The van der Waals surface area contributed by atoms with Crippen LogP contribution in [0.15, 0.2) is 49.8 Å². The zero-order valence-electron chi connectivity index (χ0n) is 13.2. The smallest absolute Gasteiger partial charge is 0.408 e. The summed E-state index contributed by atoms with van der Waals surface area (Å²) in [5.41, 5.74) is 0.727. The van der Waals surface area contributed by atoms with Crippen molar-refractivity contribution in [3.8, 4) is 0 Å². The van der Waals surface area contributed by atoms with Gasteiger partial charge in [-0.05, 0) is 30.0 Å². The number of benzene rings is 1. The number of unbranched alkanes of at least 4 members (excludes halogenated alkanes) is 1. The number of rotatable bonds is 7. The highest BCUT2D eigenvalue weighted by Crippen LogP contribution is 2.23. The normalized spacial score (nSPS) is 12.2. The van der Waals surface area contributed by atoms with E-state index in [4.69, 9.17) is 4.42 Å². The number of H-pyrrole nitrogens is 1. The summed E-state index contributed by atoms with van der Waals surface area (Å²) in [5, 5.41) is 1.93. The number of aromatic nitrogens is 1. The highest BCUT2D eigenvalue weighted by molar-refractivity contribution is 7.89. The van der Waals surface area contributed by atoms with Gasteiger partial charge in [-0.15, -0.1) is 11.3 Å². The van der Waals surface area contributed by atoms with Crippen LogP contribution in [0.25, 0.3) is 11.1 Å². The molecule has 0 aliphatic carbocycles. The Kier molecular flexibility index (Phi) is 4.88. The Morgan fingerprint density at radius 3 is 2.83 bits per heavy atom. The van der Waals surface area contributed by atoms with Crippen LogP contribution >= 0.6 is 11.3 Å². The van der Waals surface area contributed by atoms with Crippen LogP contribution in [0, 0.1) is 0 Å². The van der Waals surface area contributed by atoms with Crippen LogP contribution in [0.2, 0.25) is 0 Å². The minimum absolute atomic E-state index is 0.130. The van der Waals surface area contributed by atoms with E-state index in [-0.39, 0.29) is 10.5 Å². The lowest BCUT2D eigenvalue weighted by molar-refractivity contribution is 0.400. The number of fused-ring (bicyclic) bond motifs is 1. The second-order valence-electron chi connectivity index (χ2n) is 5.44. The molecule has 3 rings (SSSR count). The van der Waals surface area contributed by atoms with Crippen LogP contribution in [0.4, 0.5) is 0 Å². The zero-order chi connectivity index (χ0) is 17.2. The number of nitrogens with zero attached hydrogens (tertiary/aromatic N) is 1. The molecule has 3 aromatic rings. The molecule has 0 saturated heterocycles. The van der Waals surface area contributed by atoms with E-state index in [1.165, 1.54) is 27.8 Å². The van der Waals surface area contributed by atoms with E-state index in [0.29, 0.717) is 18.6 Å². The van der Waals surface area contributed by atoms with Gasteiger partial charge in [0, 0.05) is 24.0 Å². The van der Waals surface area contributed by atoms with Crippen LogP contribution in [-0.2, 0) is 16.6 Å². The Morgan fingerprint density at radius 1 is 1.29 bits per heavy atom. The van der Waals surface area contributed by atoms with Crippen molar-refractivity contribution >= 4 is 32.5 Å². The Balaban J connectivity index is 1.97. The number of aromatic amines is 1. The van der Waals surface area contributed by atoms with Crippen molar-refractivity contribution in [3.05, 3.63) is 51.1 Å². The summed E-state index contributed by atoms with van der Waals surface area (Å²) < 4.78 is 32.5. The monoisotopic (exact) mass is 366 g/mol. The molecule has 8 heteroatoms. The summed E-state index contributed by atoms with van der Waals surface area (Å²) in [6.07, 6.45) is 1.69. The van der Waals surface area contributed by atoms with Crippen molar-refractivity contribution in [2.24, 2.45) is 0 Å². The lowest BCUT2D eigenvalue weighted by atomic mass is 10.3.